The Morgan fingerprint density at radius 1 is 1.50 bits per heavy atom. The van der Waals surface area contributed by atoms with Gasteiger partial charge in [-0.05, 0) is 18.9 Å². The molecule has 0 radical (unpaired) electrons. The number of benzene rings is 1. The van der Waals surface area contributed by atoms with Crippen LogP contribution in [0.4, 0.5) is 0 Å². The molecule has 16 heavy (non-hydrogen) atoms. The highest BCUT2D eigenvalue weighted by Crippen LogP contribution is 2.54. The van der Waals surface area contributed by atoms with Crippen molar-refractivity contribution in [3.8, 4) is 11.5 Å². The number of aromatic hydroxyl groups is 1. The summed E-state index contributed by atoms with van der Waals surface area (Å²) in [5.41, 5.74) is -0.580. The molecule has 0 aliphatic heterocycles. The van der Waals surface area contributed by atoms with Crippen LogP contribution in [0.1, 0.15) is 18.4 Å². The number of aliphatic carboxylic acids is 1. The third kappa shape index (κ3) is 1.41. The fourth-order valence-corrected chi connectivity index (χ4v) is 2.08. The van der Waals surface area contributed by atoms with Crippen LogP contribution in [0, 0.1) is 0 Å². The Bertz CT molecular complexity index is 452. The summed E-state index contributed by atoms with van der Waals surface area (Å²) in [6.45, 7) is 0. The molecule has 86 valence electrons. The molecule has 1 aromatic carbocycles. The zero-order valence-electron chi connectivity index (χ0n) is 8.66. The van der Waals surface area contributed by atoms with Gasteiger partial charge in [0.15, 0.2) is 11.5 Å². The number of carbonyl (C=O) groups is 1. The van der Waals surface area contributed by atoms with E-state index in [1.54, 1.807) is 12.1 Å². The Morgan fingerprint density at radius 2 is 2.12 bits per heavy atom. The largest absolute Gasteiger partial charge is 0.504 e. The first-order valence-electron chi connectivity index (χ1n) is 4.82. The second-order valence-electron chi connectivity index (χ2n) is 3.86. The molecule has 0 bridgehead atoms. The molecule has 0 atom stereocenters. The SMILES string of the molecule is COc1c(Cl)ccc(C2(C(=O)O)CC2)c1O. The molecule has 4 nitrogen and oxygen atoms in total. The van der Waals surface area contributed by atoms with Crippen molar-refractivity contribution in [1.29, 1.82) is 0 Å². The fourth-order valence-electron chi connectivity index (χ4n) is 1.85. The van der Waals surface area contributed by atoms with Crippen molar-refractivity contribution in [2.45, 2.75) is 18.3 Å². The molecule has 5 heteroatoms. The van der Waals surface area contributed by atoms with Gasteiger partial charge in [-0.1, -0.05) is 17.7 Å². The standard InChI is InChI=1S/C11H11ClO4/c1-16-9-7(12)3-2-6(8(9)13)11(4-5-11)10(14)15/h2-3,13H,4-5H2,1H3,(H,14,15). The predicted molar refractivity (Wildman–Crippen MR) is 58.2 cm³/mol. The molecule has 0 spiro atoms. The zero-order valence-corrected chi connectivity index (χ0v) is 9.41. The summed E-state index contributed by atoms with van der Waals surface area (Å²) in [6, 6.07) is 3.08. The normalized spacial score (nSPS) is 16.9. The van der Waals surface area contributed by atoms with Gasteiger partial charge in [-0.25, -0.2) is 0 Å². The monoisotopic (exact) mass is 242 g/mol. The van der Waals surface area contributed by atoms with Gasteiger partial charge in [-0.3, -0.25) is 4.79 Å². The number of carboxylic acids is 1. The van der Waals surface area contributed by atoms with Gasteiger partial charge < -0.3 is 14.9 Å². The van der Waals surface area contributed by atoms with Crippen LogP contribution in [-0.2, 0) is 10.2 Å². The van der Waals surface area contributed by atoms with E-state index in [0.29, 0.717) is 18.4 Å². The van der Waals surface area contributed by atoms with Crippen LogP contribution in [0.2, 0.25) is 5.02 Å². The number of hydrogen-bond acceptors (Lipinski definition) is 3. The Morgan fingerprint density at radius 3 is 2.56 bits per heavy atom. The topological polar surface area (TPSA) is 66.8 Å². The van der Waals surface area contributed by atoms with E-state index in [0.717, 1.165) is 0 Å². The summed E-state index contributed by atoms with van der Waals surface area (Å²) in [4.78, 5) is 11.1. The number of hydrogen-bond donors (Lipinski definition) is 2. The van der Waals surface area contributed by atoms with Crippen molar-refractivity contribution in [1.82, 2.24) is 0 Å². The summed E-state index contributed by atoms with van der Waals surface area (Å²) in [7, 11) is 1.38. The van der Waals surface area contributed by atoms with E-state index in [2.05, 4.69) is 0 Å². The molecule has 1 aliphatic carbocycles. The number of rotatable bonds is 3. The predicted octanol–water partition coefficient (Wildman–Crippen LogP) is 2.17. The first-order chi connectivity index (χ1) is 7.53. The molecule has 0 saturated heterocycles. The first-order valence-corrected chi connectivity index (χ1v) is 5.20. The fraction of sp³-hybridized carbons (Fsp3) is 0.364. The lowest BCUT2D eigenvalue weighted by Gasteiger charge is -2.15. The van der Waals surface area contributed by atoms with Crippen LogP contribution in [-0.4, -0.2) is 23.3 Å². The maximum Gasteiger partial charge on any atom is 0.314 e. The van der Waals surface area contributed by atoms with Gasteiger partial charge in [0, 0.05) is 5.56 Å². The Labute approximate surface area is 97.4 Å². The molecule has 0 unspecified atom stereocenters. The van der Waals surface area contributed by atoms with E-state index in [1.807, 2.05) is 0 Å². The van der Waals surface area contributed by atoms with Crippen LogP contribution in [0.15, 0.2) is 12.1 Å². The molecule has 2 rings (SSSR count). The summed E-state index contributed by atoms with van der Waals surface area (Å²) in [5, 5.41) is 19.3. The average Bonchev–Trinajstić information content (AvgIpc) is 2.99. The number of halogens is 1. The molecule has 2 N–H and O–H groups in total. The van der Waals surface area contributed by atoms with Crippen molar-refractivity contribution in [3.63, 3.8) is 0 Å². The quantitative estimate of drug-likeness (QED) is 0.853. The lowest BCUT2D eigenvalue weighted by atomic mass is 9.95. The number of phenolic OH excluding ortho intramolecular Hbond substituents is 1. The average molecular weight is 243 g/mol. The highest BCUT2D eigenvalue weighted by Gasteiger charge is 2.53. The van der Waals surface area contributed by atoms with E-state index in [1.165, 1.54) is 7.11 Å². The van der Waals surface area contributed by atoms with E-state index in [-0.39, 0.29) is 16.5 Å². The lowest BCUT2D eigenvalue weighted by molar-refractivity contribution is -0.140. The minimum absolute atomic E-state index is 0.131. The maximum absolute atomic E-state index is 11.1. The van der Waals surface area contributed by atoms with Crippen molar-refractivity contribution in [2.75, 3.05) is 7.11 Å². The summed E-state index contributed by atoms with van der Waals surface area (Å²) in [5.74, 6) is -0.964. The Hall–Kier alpha value is -1.42. The van der Waals surface area contributed by atoms with Crippen LogP contribution < -0.4 is 4.74 Å². The van der Waals surface area contributed by atoms with Crippen molar-refractivity contribution >= 4 is 17.6 Å². The van der Waals surface area contributed by atoms with E-state index in [9.17, 15) is 9.90 Å². The van der Waals surface area contributed by atoms with Crippen LogP contribution in [0.5, 0.6) is 11.5 Å². The van der Waals surface area contributed by atoms with Crippen molar-refractivity contribution < 1.29 is 19.7 Å². The van der Waals surface area contributed by atoms with Gasteiger partial charge in [-0.15, -0.1) is 0 Å². The molecular weight excluding hydrogens is 232 g/mol. The first kappa shape index (κ1) is 11.1. The van der Waals surface area contributed by atoms with Crippen LogP contribution in [0.25, 0.3) is 0 Å². The van der Waals surface area contributed by atoms with Crippen LogP contribution in [0.3, 0.4) is 0 Å². The Kier molecular flexibility index (Phi) is 2.46. The van der Waals surface area contributed by atoms with Crippen LogP contribution >= 0.6 is 11.6 Å². The minimum atomic E-state index is -0.956. The van der Waals surface area contributed by atoms with Gasteiger partial charge in [0.1, 0.15) is 0 Å². The third-order valence-corrected chi connectivity index (χ3v) is 3.26. The van der Waals surface area contributed by atoms with Crippen molar-refractivity contribution in [3.05, 3.63) is 22.7 Å². The highest BCUT2D eigenvalue weighted by atomic mass is 35.5. The molecular formula is C11H11ClO4. The summed E-state index contributed by atoms with van der Waals surface area (Å²) in [6.07, 6.45) is 1.06. The number of phenols is 1. The molecule has 1 fully saturated rings. The third-order valence-electron chi connectivity index (χ3n) is 2.96. The molecule has 0 heterocycles. The number of carboxylic acid groups (broad SMARTS) is 1. The van der Waals surface area contributed by atoms with E-state index >= 15 is 0 Å². The second kappa shape index (κ2) is 3.56. The summed E-state index contributed by atoms with van der Waals surface area (Å²) < 4.78 is 4.94. The second-order valence-corrected chi connectivity index (χ2v) is 4.27. The highest BCUT2D eigenvalue weighted by molar-refractivity contribution is 6.32. The molecule has 0 aromatic heterocycles. The van der Waals surface area contributed by atoms with Gasteiger partial charge in [0.2, 0.25) is 0 Å². The van der Waals surface area contributed by atoms with Gasteiger partial charge in [-0.2, -0.15) is 0 Å². The molecule has 1 aromatic rings. The molecule has 1 aliphatic rings. The zero-order chi connectivity index (χ0) is 11.9. The summed E-state index contributed by atoms with van der Waals surface area (Å²) >= 11 is 5.82. The van der Waals surface area contributed by atoms with E-state index in [4.69, 9.17) is 21.4 Å². The van der Waals surface area contributed by atoms with Gasteiger partial charge in [0.05, 0.1) is 17.5 Å². The van der Waals surface area contributed by atoms with E-state index < -0.39 is 11.4 Å². The van der Waals surface area contributed by atoms with Crippen molar-refractivity contribution in [2.24, 2.45) is 0 Å². The minimum Gasteiger partial charge on any atom is -0.504 e. The number of ether oxygens (including phenoxy) is 1. The maximum atomic E-state index is 11.1. The molecule has 0 amide bonds. The Balaban J connectivity index is 2.55. The lowest BCUT2D eigenvalue weighted by Crippen LogP contribution is -2.19. The molecule has 1 saturated carbocycles. The van der Waals surface area contributed by atoms with Gasteiger partial charge in [0.25, 0.3) is 0 Å². The smallest absolute Gasteiger partial charge is 0.314 e. The number of methoxy groups -OCH3 is 1. The van der Waals surface area contributed by atoms with Gasteiger partial charge >= 0.3 is 5.97 Å².